The molecule has 0 atom stereocenters. The Bertz CT molecular complexity index is 594. The van der Waals surface area contributed by atoms with Gasteiger partial charge in [-0.15, -0.1) is 0 Å². The molecule has 1 amide bonds. The zero-order valence-corrected chi connectivity index (χ0v) is 15.2. The molecular weight excluding hydrogens is 362 g/mol. The van der Waals surface area contributed by atoms with E-state index in [2.05, 4.69) is 15.9 Å². The summed E-state index contributed by atoms with van der Waals surface area (Å²) in [6.45, 7) is 6.90. The van der Waals surface area contributed by atoms with E-state index in [-0.39, 0.29) is 0 Å². The van der Waals surface area contributed by atoms with Crippen molar-refractivity contribution in [3.63, 3.8) is 0 Å². The van der Waals surface area contributed by atoms with E-state index >= 15 is 0 Å². The number of hydrogen-bond donors (Lipinski definition) is 1. The summed E-state index contributed by atoms with van der Waals surface area (Å²) in [5.41, 5.74) is -0.184. The molecule has 0 radical (unpaired) electrons. The van der Waals surface area contributed by atoms with Crippen LogP contribution in [0, 0.1) is 0 Å². The Hall–Kier alpha value is -1.11. The number of ether oxygens (including phenoxy) is 2. The summed E-state index contributed by atoms with van der Waals surface area (Å²) in [6, 6.07) is 7.85. The van der Waals surface area contributed by atoms with Crippen LogP contribution in [0.1, 0.15) is 39.2 Å². The summed E-state index contributed by atoms with van der Waals surface area (Å²) in [7, 11) is 0. The molecule has 6 heteroatoms. The van der Waals surface area contributed by atoms with Crippen LogP contribution in [-0.2, 0) is 15.0 Å². The van der Waals surface area contributed by atoms with Gasteiger partial charge in [-0.05, 0) is 38.5 Å². The third-order valence-electron chi connectivity index (χ3n) is 4.61. The van der Waals surface area contributed by atoms with Gasteiger partial charge in [0, 0.05) is 22.9 Å². The second kappa shape index (κ2) is 5.46. The first kappa shape index (κ1) is 16.7. The van der Waals surface area contributed by atoms with E-state index in [9.17, 15) is 9.90 Å². The summed E-state index contributed by atoms with van der Waals surface area (Å²) in [5.74, 6) is -0.633. The fourth-order valence-corrected chi connectivity index (χ4v) is 4.17. The number of carbonyl (C=O) groups is 1. The standard InChI is InChI=1S/C17H22BrNO4/c1-15(2,3)19(14(20)21)16(12-4-6-13(18)7-5-12)10-17(11-16)22-8-9-23-17/h4-7H,8-11H2,1-3H3,(H,20,21). The van der Waals surface area contributed by atoms with Crippen LogP contribution in [0.2, 0.25) is 0 Å². The average Bonchev–Trinajstić information content (AvgIpc) is 2.85. The lowest BCUT2D eigenvalue weighted by Crippen LogP contribution is -2.68. The molecule has 126 valence electrons. The number of rotatable bonds is 2. The van der Waals surface area contributed by atoms with Crippen molar-refractivity contribution >= 4 is 22.0 Å². The lowest BCUT2D eigenvalue weighted by Gasteiger charge is -2.60. The van der Waals surface area contributed by atoms with E-state index in [4.69, 9.17) is 9.47 Å². The summed E-state index contributed by atoms with van der Waals surface area (Å²) >= 11 is 3.44. The molecule has 0 unspecified atom stereocenters. The molecule has 1 N–H and O–H groups in total. The largest absolute Gasteiger partial charge is 0.465 e. The molecule has 0 bridgehead atoms. The van der Waals surface area contributed by atoms with Gasteiger partial charge in [-0.3, -0.25) is 4.90 Å². The second-order valence-electron chi connectivity index (χ2n) is 7.29. The molecule has 5 nitrogen and oxygen atoms in total. The molecule has 0 aromatic heterocycles. The molecule has 2 fully saturated rings. The average molecular weight is 384 g/mol. The van der Waals surface area contributed by atoms with Crippen LogP contribution in [0.4, 0.5) is 4.79 Å². The van der Waals surface area contributed by atoms with Gasteiger partial charge in [0.05, 0.1) is 18.8 Å². The topological polar surface area (TPSA) is 59.0 Å². The predicted octanol–water partition coefficient (Wildman–Crippen LogP) is 3.96. The lowest BCUT2D eigenvalue weighted by molar-refractivity contribution is -0.272. The third kappa shape index (κ3) is 2.77. The molecule has 2 aliphatic rings. The molecule has 1 heterocycles. The van der Waals surface area contributed by atoms with Crippen LogP contribution >= 0.6 is 15.9 Å². The predicted molar refractivity (Wildman–Crippen MR) is 89.3 cm³/mol. The monoisotopic (exact) mass is 383 g/mol. The summed E-state index contributed by atoms with van der Waals surface area (Å²) < 4.78 is 12.5. The molecule has 1 aliphatic heterocycles. The Labute approximate surface area is 144 Å². The Balaban J connectivity index is 2.04. The Kier molecular flexibility index (Phi) is 3.98. The van der Waals surface area contributed by atoms with Gasteiger partial charge in [-0.2, -0.15) is 0 Å². The van der Waals surface area contributed by atoms with Crippen molar-refractivity contribution in [1.82, 2.24) is 4.90 Å². The smallest absolute Gasteiger partial charge is 0.408 e. The van der Waals surface area contributed by atoms with Crippen LogP contribution in [0.15, 0.2) is 28.7 Å². The lowest BCUT2D eigenvalue weighted by atomic mass is 9.65. The normalized spacial score (nSPS) is 21.9. The third-order valence-corrected chi connectivity index (χ3v) is 5.14. The number of amides is 1. The Morgan fingerprint density at radius 2 is 1.70 bits per heavy atom. The van der Waals surface area contributed by atoms with Crippen molar-refractivity contribution < 1.29 is 19.4 Å². The number of nitrogens with zero attached hydrogens (tertiary/aromatic N) is 1. The fraction of sp³-hybridized carbons (Fsp3) is 0.588. The van der Waals surface area contributed by atoms with E-state index < -0.39 is 23.0 Å². The van der Waals surface area contributed by atoms with Crippen LogP contribution in [0.3, 0.4) is 0 Å². The molecule has 1 aromatic carbocycles. The van der Waals surface area contributed by atoms with Gasteiger partial charge < -0.3 is 14.6 Å². The van der Waals surface area contributed by atoms with E-state index in [0.29, 0.717) is 26.1 Å². The van der Waals surface area contributed by atoms with Gasteiger partial charge >= 0.3 is 6.09 Å². The van der Waals surface area contributed by atoms with Gasteiger partial charge in [0.1, 0.15) is 0 Å². The first-order chi connectivity index (χ1) is 10.7. The maximum absolute atomic E-state index is 12.1. The molecular formula is C17H22BrNO4. The van der Waals surface area contributed by atoms with E-state index in [1.54, 1.807) is 4.90 Å². The minimum Gasteiger partial charge on any atom is -0.465 e. The van der Waals surface area contributed by atoms with Crippen LogP contribution in [-0.4, -0.2) is 40.6 Å². The van der Waals surface area contributed by atoms with Gasteiger partial charge in [-0.25, -0.2) is 4.79 Å². The quantitative estimate of drug-likeness (QED) is 0.839. The van der Waals surface area contributed by atoms with Crippen LogP contribution < -0.4 is 0 Å². The minimum absolute atomic E-state index is 0.519. The van der Waals surface area contributed by atoms with Crippen molar-refractivity contribution in [2.75, 3.05) is 13.2 Å². The molecule has 1 saturated carbocycles. The van der Waals surface area contributed by atoms with Crippen LogP contribution in [0.25, 0.3) is 0 Å². The highest BCUT2D eigenvalue weighted by molar-refractivity contribution is 9.10. The number of benzene rings is 1. The molecule has 1 aliphatic carbocycles. The first-order valence-corrected chi connectivity index (χ1v) is 8.55. The fourth-order valence-electron chi connectivity index (χ4n) is 3.90. The van der Waals surface area contributed by atoms with Gasteiger partial charge in [0.2, 0.25) is 0 Å². The summed E-state index contributed by atoms with van der Waals surface area (Å²) in [4.78, 5) is 13.6. The molecule has 23 heavy (non-hydrogen) atoms. The molecule has 3 rings (SSSR count). The SMILES string of the molecule is CC(C)(C)N(C(=O)O)C1(c2ccc(Br)cc2)CC2(C1)OCCO2. The number of hydrogen-bond acceptors (Lipinski definition) is 3. The minimum atomic E-state index is -0.923. The van der Waals surface area contributed by atoms with Gasteiger partial charge in [0.25, 0.3) is 0 Å². The summed E-state index contributed by atoms with van der Waals surface area (Å²) in [6.07, 6.45) is 0.115. The number of carboxylic acid groups (broad SMARTS) is 1. The van der Waals surface area contributed by atoms with Crippen molar-refractivity contribution in [3.8, 4) is 0 Å². The van der Waals surface area contributed by atoms with E-state index in [1.807, 2.05) is 45.0 Å². The highest BCUT2D eigenvalue weighted by atomic mass is 79.9. The van der Waals surface area contributed by atoms with E-state index in [0.717, 1.165) is 10.0 Å². The maximum Gasteiger partial charge on any atom is 0.408 e. The van der Waals surface area contributed by atoms with Crippen molar-refractivity contribution in [2.45, 2.75) is 50.5 Å². The first-order valence-electron chi connectivity index (χ1n) is 7.76. The van der Waals surface area contributed by atoms with Gasteiger partial charge in [-0.1, -0.05) is 28.1 Å². The highest BCUT2D eigenvalue weighted by Gasteiger charge is 2.64. The van der Waals surface area contributed by atoms with Gasteiger partial charge in [0.15, 0.2) is 5.79 Å². The van der Waals surface area contributed by atoms with Crippen molar-refractivity contribution in [1.29, 1.82) is 0 Å². The second-order valence-corrected chi connectivity index (χ2v) is 8.20. The van der Waals surface area contributed by atoms with Crippen molar-refractivity contribution in [3.05, 3.63) is 34.3 Å². The summed E-state index contributed by atoms with van der Waals surface area (Å²) in [5, 5.41) is 9.89. The maximum atomic E-state index is 12.1. The highest BCUT2D eigenvalue weighted by Crippen LogP contribution is 2.57. The number of halogens is 1. The Morgan fingerprint density at radius 1 is 1.17 bits per heavy atom. The molecule has 1 spiro atoms. The zero-order valence-electron chi connectivity index (χ0n) is 13.6. The van der Waals surface area contributed by atoms with E-state index in [1.165, 1.54) is 0 Å². The molecule has 1 saturated heterocycles. The van der Waals surface area contributed by atoms with Crippen molar-refractivity contribution in [2.24, 2.45) is 0 Å². The molecule has 1 aromatic rings. The Morgan fingerprint density at radius 3 is 2.13 bits per heavy atom. The van der Waals surface area contributed by atoms with Crippen LogP contribution in [0.5, 0.6) is 0 Å². The zero-order chi connectivity index (χ0) is 16.9.